The maximum atomic E-state index is 12.7. The van der Waals surface area contributed by atoms with E-state index >= 15 is 0 Å². The highest BCUT2D eigenvalue weighted by molar-refractivity contribution is 5.67. The Labute approximate surface area is 134 Å². The van der Waals surface area contributed by atoms with Crippen molar-refractivity contribution in [3.05, 3.63) is 35.4 Å². The number of halogens is 3. The van der Waals surface area contributed by atoms with Crippen LogP contribution in [-0.2, 0) is 17.4 Å². The second-order valence-electron chi connectivity index (χ2n) is 6.32. The van der Waals surface area contributed by atoms with Crippen LogP contribution in [0.2, 0.25) is 0 Å². The summed E-state index contributed by atoms with van der Waals surface area (Å²) in [5.74, 6) is -0.594. The Hall–Kier alpha value is -1.56. The quantitative estimate of drug-likeness (QED) is 0.754. The zero-order valence-corrected chi connectivity index (χ0v) is 13.4. The van der Waals surface area contributed by atoms with Gasteiger partial charge >= 0.3 is 12.1 Å². The van der Waals surface area contributed by atoms with Crippen molar-refractivity contribution < 1.29 is 23.1 Å². The maximum Gasteiger partial charge on any atom is 0.416 e. The number of carboxylic acid groups (broad SMARTS) is 1. The highest BCUT2D eigenvalue weighted by Crippen LogP contribution is 2.30. The van der Waals surface area contributed by atoms with Gasteiger partial charge in [-0.25, -0.2) is 0 Å². The standard InChI is InChI=1S/C17H24F3NO2/c1-11(8-12(2)15(21)10-16(22)23)6-7-13-4-3-5-14(9-13)17(18,19)20/h3-5,9,11-12,15H,6-8,10,21H2,1-2H3,(H,22,23). The molecule has 3 N–H and O–H groups in total. The van der Waals surface area contributed by atoms with E-state index in [0.717, 1.165) is 18.9 Å². The summed E-state index contributed by atoms with van der Waals surface area (Å²) >= 11 is 0. The summed E-state index contributed by atoms with van der Waals surface area (Å²) in [6.45, 7) is 3.92. The summed E-state index contributed by atoms with van der Waals surface area (Å²) < 4.78 is 38.0. The molecule has 0 bridgehead atoms. The van der Waals surface area contributed by atoms with Crippen molar-refractivity contribution in [1.82, 2.24) is 0 Å². The summed E-state index contributed by atoms with van der Waals surface area (Å²) in [5.41, 5.74) is 5.87. The molecule has 0 fully saturated rings. The molecular weight excluding hydrogens is 307 g/mol. The molecule has 3 unspecified atom stereocenters. The van der Waals surface area contributed by atoms with Crippen molar-refractivity contribution in [3.8, 4) is 0 Å². The number of aryl methyl sites for hydroxylation is 1. The second kappa shape index (κ2) is 8.34. The fraction of sp³-hybridized carbons (Fsp3) is 0.588. The van der Waals surface area contributed by atoms with Crippen LogP contribution in [0.1, 0.15) is 44.2 Å². The lowest BCUT2D eigenvalue weighted by molar-refractivity contribution is -0.138. The second-order valence-corrected chi connectivity index (χ2v) is 6.32. The van der Waals surface area contributed by atoms with Crippen LogP contribution in [0.5, 0.6) is 0 Å². The zero-order chi connectivity index (χ0) is 17.6. The molecule has 3 nitrogen and oxygen atoms in total. The summed E-state index contributed by atoms with van der Waals surface area (Å²) in [4.78, 5) is 10.7. The Morgan fingerprint density at radius 3 is 2.52 bits per heavy atom. The number of carbonyl (C=O) groups is 1. The van der Waals surface area contributed by atoms with E-state index in [4.69, 9.17) is 10.8 Å². The lowest BCUT2D eigenvalue weighted by atomic mass is 9.87. The van der Waals surface area contributed by atoms with Gasteiger partial charge in [0, 0.05) is 6.04 Å². The predicted octanol–water partition coefficient (Wildman–Crippen LogP) is 4.10. The lowest BCUT2D eigenvalue weighted by Gasteiger charge is -2.22. The zero-order valence-electron chi connectivity index (χ0n) is 13.4. The highest BCUT2D eigenvalue weighted by Gasteiger charge is 2.30. The molecule has 0 radical (unpaired) electrons. The van der Waals surface area contributed by atoms with E-state index in [1.165, 1.54) is 12.1 Å². The summed E-state index contributed by atoms with van der Waals surface area (Å²) in [7, 11) is 0. The third-order valence-corrected chi connectivity index (χ3v) is 4.10. The number of hydrogen-bond donors (Lipinski definition) is 2. The Kier molecular flexibility index (Phi) is 7.06. The first-order valence-electron chi connectivity index (χ1n) is 7.73. The van der Waals surface area contributed by atoms with Gasteiger partial charge in [-0.2, -0.15) is 13.2 Å². The number of carboxylic acids is 1. The number of nitrogens with two attached hydrogens (primary N) is 1. The van der Waals surface area contributed by atoms with Crippen LogP contribution >= 0.6 is 0 Å². The Morgan fingerprint density at radius 2 is 1.96 bits per heavy atom. The molecule has 0 saturated carbocycles. The molecule has 1 rings (SSSR count). The van der Waals surface area contributed by atoms with Gasteiger partial charge in [-0.1, -0.05) is 32.0 Å². The van der Waals surface area contributed by atoms with E-state index in [9.17, 15) is 18.0 Å². The van der Waals surface area contributed by atoms with Gasteiger partial charge in [0.25, 0.3) is 0 Å². The molecule has 0 aromatic heterocycles. The van der Waals surface area contributed by atoms with Crippen LogP contribution in [-0.4, -0.2) is 17.1 Å². The third-order valence-electron chi connectivity index (χ3n) is 4.10. The fourth-order valence-corrected chi connectivity index (χ4v) is 2.65. The fourth-order valence-electron chi connectivity index (χ4n) is 2.65. The van der Waals surface area contributed by atoms with Crippen molar-refractivity contribution in [2.24, 2.45) is 17.6 Å². The van der Waals surface area contributed by atoms with Crippen molar-refractivity contribution in [2.75, 3.05) is 0 Å². The van der Waals surface area contributed by atoms with Gasteiger partial charge in [0.15, 0.2) is 0 Å². The number of benzene rings is 1. The first kappa shape index (κ1) is 19.5. The normalized spacial score (nSPS) is 15.9. The predicted molar refractivity (Wildman–Crippen MR) is 82.9 cm³/mol. The molecular formula is C17H24F3NO2. The Balaban J connectivity index is 2.50. The van der Waals surface area contributed by atoms with Gasteiger partial charge in [-0.3, -0.25) is 4.79 Å². The molecule has 6 heteroatoms. The molecule has 0 aliphatic rings. The molecule has 0 spiro atoms. The van der Waals surface area contributed by atoms with Crippen LogP contribution in [0.25, 0.3) is 0 Å². The summed E-state index contributed by atoms with van der Waals surface area (Å²) in [5, 5.41) is 8.74. The van der Waals surface area contributed by atoms with E-state index in [-0.39, 0.29) is 18.3 Å². The topological polar surface area (TPSA) is 63.3 Å². The minimum Gasteiger partial charge on any atom is -0.481 e. The van der Waals surface area contributed by atoms with Crippen molar-refractivity contribution in [3.63, 3.8) is 0 Å². The summed E-state index contributed by atoms with van der Waals surface area (Å²) in [6, 6.07) is 4.98. The molecule has 0 amide bonds. The van der Waals surface area contributed by atoms with Gasteiger partial charge in [0.05, 0.1) is 12.0 Å². The SMILES string of the molecule is CC(CCc1cccc(C(F)(F)F)c1)CC(C)C(N)CC(=O)O. The van der Waals surface area contributed by atoms with E-state index < -0.39 is 23.8 Å². The molecule has 0 aliphatic heterocycles. The van der Waals surface area contributed by atoms with Crippen LogP contribution in [0.15, 0.2) is 24.3 Å². The Morgan fingerprint density at radius 1 is 1.30 bits per heavy atom. The first-order valence-corrected chi connectivity index (χ1v) is 7.73. The minimum atomic E-state index is -4.32. The average Bonchev–Trinajstić information content (AvgIpc) is 2.43. The molecule has 3 atom stereocenters. The monoisotopic (exact) mass is 331 g/mol. The van der Waals surface area contributed by atoms with Crippen LogP contribution in [0.4, 0.5) is 13.2 Å². The molecule has 130 valence electrons. The minimum absolute atomic E-state index is 0.0580. The smallest absolute Gasteiger partial charge is 0.416 e. The van der Waals surface area contributed by atoms with Crippen molar-refractivity contribution >= 4 is 5.97 Å². The van der Waals surface area contributed by atoms with Gasteiger partial charge in [0.1, 0.15) is 0 Å². The van der Waals surface area contributed by atoms with Crippen molar-refractivity contribution in [1.29, 1.82) is 0 Å². The van der Waals surface area contributed by atoms with E-state index in [2.05, 4.69) is 0 Å². The van der Waals surface area contributed by atoms with Crippen LogP contribution < -0.4 is 5.73 Å². The van der Waals surface area contributed by atoms with Crippen LogP contribution in [0.3, 0.4) is 0 Å². The molecule has 1 aromatic carbocycles. The molecule has 0 aliphatic carbocycles. The number of alkyl halides is 3. The van der Waals surface area contributed by atoms with Crippen LogP contribution in [0, 0.1) is 11.8 Å². The van der Waals surface area contributed by atoms with E-state index in [1.807, 2.05) is 13.8 Å². The maximum absolute atomic E-state index is 12.7. The van der Waals surface area contributed by atoms with E-state index in [1.54, 1.807) is 6.07 Å². The van der Waals surface area contributed by atoms with Gasteiger partial charge in [-0.15, -0.1) is 0 Å². The van der Waals surface area contributed by atoms with Gasteiger partial charge in [0.2, 0.25) is 0 Å². The number of hydrogen-bond acceptors (Lipinski definition) is 2. The molecule has 23 heavy (non-hydrogen) atoms. The lowest BCUT2D eigenvalue weighted by Crippen LogP contribution is -2.31. The molecule has 1 aromatic rings. The third kappa shape index (κ3) is 7.03. The van der Waals surface area contributed by atoms with Gasteiger partial charge in [-0.05, 0) is 42.7 Å². The van der Waals surface area contributed by atoms with Crippen molar-refractivity contribution in [2.45, 2.75) is 51.7 Å². The highest BCUT2D eigenvalue weighted by atomic mass is 19.4. The molecule has 0 saturated heterocycles. The summed E-state index contributed by atoms with van der Waals surface area (Å²) in [6.07, 6.45) is -2.33. The van der Waals surface area contributed by atoms with Gasteiger partial charge < -0.3 is 10.8 Å². The largest absolute Gasteiger partial charge is 0.481 e. The molecule has 0 heterocycles. The number of aliphatic carboxylic acids is 1. The first-order chi connectivity index (χ1) is 10.6. The van der Waals surface area contributed by atoms with E-state index in [0.29, 0.717) is 12.0 Å². The number of rotatable bonds is 8. The Bertz CT molecular complexity index is 517. The average molecular weight is 331 g/mol.